The Morgan fingerprint density at radius 2 is 1.88 bits per heavy atom. The highest BCUT2D eigenvalue weighted by atomic mass is 35.5. The Balaban J connectivity index is 1.48. The van der Waals surface area contributed by atoms with E-state index in [0.717, 1.165) is 43.6 Å². The van der Waals surface area contributed by atoms with Gasteiger partial charge in [-0.2, -0.15) is 0 Å². The number of nitrogens with one attached hydrogen (secondary N) is 1. The highest BCUT2D eigenvalue weighted by Gasteiger charge is 2.37. The molecule has 7 heteroatoms. The predicted octanol–water partition coefficient (Wildman–Crippen LogP) is 5.74. The van der Waals surface area contributed by atoms with Gasteiger partial charge in [0, 0.05) is 40.8 Å². The summed E-state index contributed by atoms with van der Waals surface area (Å²) in [6.07, 6.45) is 7.74. The van der Waals surface area contributed by atoms with Crippen LogP contribution in [-0.2, 0) is 19.5 Å². The third-order valence-electron chi connectivity index (χ3n) is 7.38. The smallest absolute Gasteiger partial charge is 0.318 e. The standard InChI is InChI=1S/C26H29ClN4OS/c1-29-14-12-20-21-15-31(26(32)28-19-5-2-3-6-19)24(17-8-10-18(27)11-9-17)22-7-4-13-30(22)25(21)33-23(20)16-29/h4,7-11,13,19,24H,2-3,5-6,12,14-16H2,1H3,(H,28,32). The first-order valence-electron chi connectivity index (χ1n) is 11.9. The molecular formula is C26H29ClN4OS. The van der Waals surface area contributed by atoms with Gasteiger partial charge in [0.1, 0.15) is 5.00 Å². The summed E-state index contributed by atoms with van der Waals surface area (Å²) in [5.41, 5.74) is 4.98. The van der Waals surface area contributed by atoms with Gasteiger partial charge >= 0.3 is 6.03 Å². The molecule has 33 heavy (non-hydrogen) atoms. The number of nitrogens with zero attached hydrogens (tertiary/aromatic N) is 3. The lowest BCUT2D eigenvalue weighted by molar-refractivity contribution is 0.176. The number of hydrogen-bond acceptors (Lipinski definition) is 3. The number of benzene rings is 1. The van der Waals surface area contributed by atoms with Gasteiger partial charge in [0.25, 0.3) is 0 Å². The van der Waals surface area contributed by atoms with E-state index in [4.69, 9.17) is 11.6 Å². The topological polar surface area (TPSA) is 40.5 Å². The van der Waals surface area contributed by atoms with Crippen molar-refractivity contribution in [2.24, 2.45) is 0 Å². The van der Waals surface area contributed by atoms with Crippen LogP contribution < -0.4 is 5.32 Å². The fraction of sp³-hybridized carbons (Fsp3) is 0.423. The molecule has 4 heterocycles. The normalized spacial score (nSPS) is 20.8. The Kier molecular flexibility index (Phi) is 5.47. The molecule has 0 radical (unpaired) electrons. The maximum Gasteiger partial charge on any atom is 0.318 e. The van der Waals surface area contributed by atoms with Crippen LogP contribution in [0.25, 0.3) is 5.00 Å². The van der Waals surface area contributed by atoms with E-state index >= 15 is 0 Å². The molecule has 1 fully saturated rings. The monoisotopic (exact) mass is 480 g/mol. The molecule has 1 aliphatic carbocycles. The molecule has 1 N–H and O–H groups in total. The predicted molar refractivity (Wildman–Crippen MR) is 133 cm³/mol. The SMILES string of the molecule is CN1CCc2c(sc3c2CN(C(=O)NC2CCCC2)C(c2ccc(Cl)cc2)c2cccn2-3)C1. The summed E-state index contributed by atoms with van der Waals surface area (Å²) in [6, 6.07) is 12.4. The van der Waals surface area contributed by atoms with Crippen molar-refractivity contribution in [3.8, 4) is 5.00 Å². The molecular weight excluding hydrogens is 452 g/mol. The Morgan fingerprint density at radius 3 is 2.67 bits per heavy atom. The van der Waals surface area contributed by atoms with E-state index in [9.17, 15) is 4.79 Å². The molecule has 6 rings (SSSR count). The molecule has 3 aliphatic rings. The van der Waals surface area contributed by atoms with Crippen molar-refractivity contribution in [2.45, 2.75) is 57.3 Å². The van der Waals surface area contributed by atoms with Crippen LogP contribution in [0.15, 0.2) is 42.6 Å². The van der Waals surface area contributed by atoms with Crippen LogP contribution >= 0.6 is 22.9 Å². The largest absolute Gasteiger partial charge is 0.335 e. The fourth-order valence-corrected chi connectivity index (χ4v) is 7.24. The van der Waals surface area contributed by atoms with E-state index in [1.807, 2.05) is 23.5 Å². The highest BCUT2D eigenvalue weighted by molar-refractivity contribution is 7.15. The van der Waals surface area contributed by atoms with Crippen molar-refractivity contribution in [3.63, 3.8) is 0 Å². The average molecular weight is 481 g/mol. The molecule has 2 aromatic heterocycles. The van der Waals surface area contributed by atoms with E-state index in [1.54, 1.807) is 0 Å². The number of carbonyl (C=O) groups is 1. The number of urea groups is 1. The third kappa shape index (κ3) is 3.78. The summed E-state index contributed by atoms with van der Waals surface area (Å²) in [4.78, 5) is 19.7. The summed E-state index contributed by atoms with van der Waals surface area (Å²) < 4.78 is 2.32. The minimum absolute atomic E-state index is 0.0373. The number of halogens is 1. The van der Waals surface area contributed by atoms with Gasteiger partial charge in [-0.25, -0.2) is 4.79 Å². The van der Waals surface area contributed by atoms with Gasteiger partial charge in [0.2, 0.25) is 0 Å². The quantitative estimate of drug-likeness (QED) is 0.508. The second-order valence-electron chi connectivity index (χ2n) is 9.59. The number of fused-ring (bicyclic) bond motifs is 5. The Labute approximate surface area is 204 Å². The molecule has 1 unspecified atom stereocenters. The Morgan fingerprint density at radius 1 is 1.09 bits per heavy atom. The number of carbonyl (C=O) groups excluding carboxylic acids is 1. The maximum atomic E-state index is 13.8. The lowest BCUT2D eigenvalue weighted by atomic mass is 10.0. The number of rotatable bonds is 2. The summed E-state index contributed by atoms with van der Waals surface area (Å²) >= 11 is 8.11. The fourth-order valence-electron chi connectivity index (χ4n) is 5.68. The number of amides is 2. The molecule has 2 aliphatic heterocycles. The van der Waals surface area contributed by atoms with Gasteiger partial charge in [0.15, 0.2) is 0 Å². The first kappa shape index (κ1) is 21.3. The third-order valence-corrected chi connectivity index (χ3v) is 8.90. The molecule has 5 nitrogen and oxygen atoms in total. The summed E-state index contributed by atoms with van der Waals surface area (Å²) in [5, 5.41) is 5.35. The van der Waals surface area contributed by atoms with E-state index in [0.29, 0.717) is 11.6 Å². The molecule has 0 bridgehead atoms. The van der Waals surface area contributed by atoms with Crippen LogP contribution in [0.4, 0.5) is 4.79 Å². The summed E-state index contributed by atoms with van der Waals surface area (Å²) in [5.74, 6) is 0. The van der Waals surface area contributed by atoms with E-state index in [-0.39, 0.29) is 18.1 Å². The van der Waals surface area contributed by atoms with Crippen LogP contribution in [0, 0.1) is 0 Å². The van der Waals surface area contributed by atoms with Crippen molar-refractivity contribution < 1.29 is 4.79 Å². The average Bonchev–Trinajstić information content (AvgIpc) is 3.53. The molecule has 3 aromatic rings. The second kappa shape index (κ2) is 8.49. The second-order valence-corrected chi connectivity index (χ2v) is 11.1. The minimum atomic E-state index is -0.166. The van der Waals surface area contributed by atoms with Crippen molar-refractivity contribution in [1.82, 2.24) is 19.7 Å². The number of likely N-dealkylation sites (N-methyl/N-ethyl adjacent to an activating group) is 1. The number of thiophene rings is 1. The van der Waals surface area contributed by atoms with Crippen molar-refractivity contribution in [1.29, 1.82) is 0 Å². The van der Waals surface area contributed by atoms with Crippen LogP contribution in [0.1, 0.15) is 59.0 Å². The summed E-state index contributed by atoms with van der Waals surface area (Å²) in [7, 11) is 2.19. The van der Waals surface area contributed by atoms with Gasteiger partial charge in [-0.15, -0.1) is 11.3 Å². The Hall–Kier alpha value is -2.28. The maximum absolute atomic E-state index is 13.8. The number of aromatic nitrogens is 1. The zero-order valence-corrected chi connectivity index (χ0v) is 20.5. The minimum Gasteiger partial charge on any atom is -0.335 e. The molecule has 172 valence electrons. The van der Waals surface area contributed by atoms with Crippen molar-refractivity contribution in [2.75, 3.05) is 13.6 Å². The van der Waals surface area contributed by atoms with Crippen LogP contribution in [0.2, 0.25) is 5.02 Å². The first-order valence-corrected chi connectivity index (χ1v) is 13.1. The zero-order chi connectivity index (χ0) is 22.5. The Bertz CT molecular complexity index is 1180. The van der Waals surface area contributed by atoms with Gasteiger partial charge in [-0.05, 0) is 61.7 Å². The molecule has 0 spiro atoms. The highest BCUT2D eigenvalue weighted by Crippen LogP contribution is 2.43. The van der Waals surface area contributed by atoms with Gasteiger partial charge in [-0.3, -0.25) is 0 Å². The van der Waals surface area contributed by atoms with E-state index in [2.05, 4.69) is 57.2 Å². The molecule has 1 atom stereocenters. The van der Waals surface area contributed by atoms with Crippen LogP contribution in [-0.4, -0.2) is 40.0 Å². The zero-order valence-electron chi connectivity index (χ0n) is 18.9. The molecule has 2 amide bonds. The molecule has 1 saturated carbocycles. The molecule has 0 saturated heterocycles. The lowest BCUT2D eigenvalue weighted by Crippen LogP contribution is -2.45. The van der Waals surface area contributed by atoms with Crippen molar-refractivity contribution >= 4 is 29.0 Å². The van der Waals surface area contributed by atoms with Crippen molar-refractivity contribution in [3.05, 3.63) is 74.9 Å². The summed E-state index contributed by atoms with van der Waals surface area (Å²) in [6.45, 7) is 2.67. The number of hydrogen-bond donors (Lipinski definition) is 1. The first-order chi connectivity index (χ1) is 16.1. The molecule has 1 aromatic carbocycles. The van der Waals surface area contributed by atoms with Crippen LogP contribution in [0.5, 0.6) is 0 Å². The van der Waals surface area contributed by atoms with Gasteiger partial charge in [-0.1, -0.05) is 36.6 Å². The van der Waals surface area contributed by atoms with E-state index < -0.39 is 0 Å². The van der Waals surface area contributed by atoms with E-state index in [1.165, 1.54) is 33.8 Å². The van der Waals surface area contributed by atoms with Gasteiger partial charge in [0.05, 0.1) is 18.3 Å². The van der Waals surface area contributed by atoms with Crippen LogP contribution in [0.3, 0.4) is 0 Å². The van der Waals surface area contributed by atoms with Gasteiger partial charge < -0.3 is 19.7 Å². The lowest BCUT2D eigenvalue weighted by Gasteiger charge is -2.32.